The molecule has 0 fully saturated rings. The summed E-state index contributed by atoms with van der Waals surface area (Å²) in [5.41, 5.74) is 0. The largest absolute Gasteiger partial charge is 0.472 e. The van der Waals surface area contributed by atoms with E-state index in [1.165, 1.54) is 96.3 Å². The molecule has 0 aromatic rings. The lowest BCUT2D eigenvalue weighted by Gasteiger charge is -2.20. The average Bonchev–Trinajstić information content (AvgIpc) is 3.22. The zero-order chi connectivity index (χ0) is 43.3. The quantitative estimate of drug-likeness (QED) is 0.0234. The number of hydrogen-bond donors (Lipinski definition) is 3. The summed E-state index contributed by atoms with van der Waals surface area (Å²) in [5.74, 6) is -0.990. The van der Waals surface area contributed by atoms with E-state index in [9.17, 15) is 24.2 Å². The Balaban J connectivity index is 4.31. The summed E-state index contributed by atoms with van der Waals surface area (Å²) in [4.78, 5) is 35.0. The molecule has 0 rings (SSSR count). The van der Waals surface area contributed by atoms with E-state index in [1.54, 1.807) is 0 Å². The predicted molar refractivity (Wildman–Crippen MR) is 242 cm³/mol. The van der Waals surface area contributed by atoms with Gasteiger partial charge in [-0.2, -0.15) is 0 Å². The fourth-order valence-corrected chi connectivity index (χ4v) is 6.94. The molecule has 0 bridgehead atoms. The molecule has 0 saturated heterocycles. The Morgan fingerprint density at radius 3 is 1.39 bits per heavy atom. The minimum Gasteiger partial charge on any atom is -0.462 e. The molecule has 59 heavy (non-hydrogen) atoms. The summed E-state index contributed by atoms with van der Waals surface area (Å²) >= 11 is 0. The van der Waals surface area contributed by atoms with Gasteiger partial charge in [-0.25, -0.2) is 4.57 Å². The lowest BCUT2D eigenvalue weighted by Crippen LogP contribution is -2.29. The van der Waals surface area contributed by atoms with Crippen LogP contribution < -0.4 is 0 Å². The van der Waals surface area contributed by atoms with E-state index in [2.05, 4.69) is 67.0 Å². The molecule has 10 nitrogen and oxygen atoms in total. The number of aliphatic hydroxyl groups excluding tert-OH is 2. The van der Waals surface area contributed by atoms with Gasteiger partial charge in [-0.05, 0) is 51.4 Å². The van der Waals surface area contributed by atoms with Crippen molar-refractivity contribution in [3.8, 4) is 0 Å². The number of aliphatic hydroxyl groups is 2. The zero-order valence-corrected chi connectivity index (χ0v) is 38.1. The lowest BCUT2D eigenvalue weighted by molar-refractivity contribution is -0.161. The molecule has 0 aliphatic carbocycles. The summed E-state index contributed by atoms with van der Waals surface area (Å²) < 4.78 is 32.7. The fraction of sp³-hybridized carbons (Fsp3) is 0.750. The average molecular weight is 853 g/mol. The van der Waals surface area contributed by atoms with Crippen molar-refractivity contribution in [3.05, 3.63) is 60.8 Å². The van der Waals surface area contributed by atoms with Gasteiger partial charge in [-0.3, -0.25) is 18.6 Å². The number of unbranched alkanes of at least 4 members (excludes halogenated alkanes) is 19. The van der Waals surface area contributed by atoms with Crippen LogP contribution in [0.25, 0.3) is 0 Å². The number of allylic oxidation sites excluding steroid dienone is 10. The highest BCUT2D eigenvalue weighted by atomic mass is 31.2. The molecule has 0 amide bonds. The minimum absolute atomic E-state index is 0.105. The van der Waals surface area contributed by atoms with Crippen molar-refractivity contribution in [3.63, 3.8) is 0 Å². The maximum atomic E-state index is 12.6. The number of rotatable bonds is 43. The Morgan fingerprint density at radius 2 is 0.932 bits per heavy atom. The second kappa shape index (κ2) is 43.7. The third-order valence-corrected chi connectivity index (χ3v) is 10.6. The van der Waals surface area contributed by atoms with E-state index < -0.39 is 51.8 Å². The van der Waals surface area contributed by atoms with Gasteiger partial charge in [0.2, 0.25) is 0 Å². The lowest BCUT2D eigenvalue weighted by atomic mass is 10.0. The van der Waals surface area contributed by atoms with Gasteiger partial charge >= 0.3 is 19.8 Å². The molecule has 0 aliphatic rings. The highest BCUT2D eigenvalue weighted by molar-refractivity contribution is 7.47. The zero-order valence-electron chi connectivity index (χ0n) is 37.2. The number of phosphoric ester groups is 1. The summed E-state index contributed by atoms with van der Waals surface area (Å²) in [6.07, 6.45) is 49.1. The first kappa shape index (κ1) is 56.7. The van der Waals surface area contributed by atoms with Crippen LogP contribution in [-0.4, -0.2) is 65.7 Å². The number of ether oxygens (including phenoxy) is 2. The van der Waals surface area contributed by atoms with Gasteiger partial charge in [0.25, 0.3) is 0 Å². The topological polar surface area (TPSA) is 149 Å². The smallest absolute Gasteiger partial charge is 0.462 e. The van der Waals surface area contributed by atoms with Crippen LogP contribution in [0.2, 0.25) is 0 Å². The van der Waals surface area contributed by atoms with Gasteiger partial charge in [0.15, 0.2) is 6.10 Å². The van der Waals surface area contributed by atoms with Gasteiger partial charge < -0.3 is 24.6 Å². The van der Waals surface area contributed by atoms with Crippen LogP contribution in [0, 0.1) is 0 Å². The third-order valence-electron chi connectivity index (χ3n) is 9.69. The monoisotopic (exact) mass is 853 g/mol. The Labute approximate surface area is 359 Å². The summed E-state index contributed by atoms with van der Waals surface area (Å²) in [7, 11) is -4.64. The molecular formula is C48H85O10P. The highest BCUT2D eigenvalue weighted by Gasteiger charge is 2.27. The van der Waals surface area contributed by atoms with Gasteiger partial charge in [-0.1, -0.05) is 190 Å². The predicted octanol–water partition coefficient (Wildman–Crippen LogP) is 12.7. The van der Waals surface area contributed by atoms with E-state index in [0.29, 0.717) is 19.3 Å². The van der Waals surface area contributed by atoms with Crippen molar-refractivity contribution in [2.45, 2.75) is 206 Å². The Kier molecular flexibility index (Phi) is 42.0. The first-order valence-electron chi connectivity index (χ1n) is 23.2. The standard InChI is InChI=1S/C48H85O10P/c1-3-5-7-9-11-13-15-17-19-21-22-24-25-27-29-31-33-35-37-39-47(51)55-43-46(44-57-59(53,54)56-42-45(50)41-49)58-48(52)40-38-36-34-32-30-28-26-23-20-18-16-14-12-10-8-6-4-2/h6,8,12,14,18,20,26,28,32,34,45-46,49-50H,3-5,7,9-11,13,15-17,19,21-25,27,29-31,33,35-44H2,1-2H3,(H,53,54)/b8-6-,14-12-,20-18-,28-26-,34-32-. The number of carbonyl (C=O) groups excluding carboxylic acids is 2. The van der Waals surface area contributed by atoms with Crippen LogP contribution in [0.5, 0.6) is 0 Å². The first-order chi connectivity index (χ1) is 28.7. The molecule has 0 aliphatic heterocycles. The summed E-state index contributed by atoms with van der Waals surface area (Å²) in [6, 6.07) is 0. The number of esters is 2. The molecule has 0 saturated carbocycles. The molecule has 0 radical (unpaired) electrons. The molecule has 3 unspecified atom stereocenters. The van der Waals surface area contributed by atoms with Gasteiger partial charge in [0, 0.05) is 12.8 Å². The van der Waals surface area contributed by atoms with E-state index >= 15 is 0 Å². The van der Waals surface area contributed by atoms with E-state index in [0.717, 1.165) is 51.4 Å². The van der Waals surface area contributed by atoms with Crippen LogP contribution in [0.3, 0.4) is 0 Å². The van der Waals surface area contributed by atoms with Crippen molar-refractivity contribution in [2.24, 2.45) is 0 Å². The van der Waals surface area contributed by atoms with Gasteiger partial charge in [-0.15, -0.1) is 0 Å². The van der Waals surface area contributed by atoms with Crippen LogP contribution in [0.15, 0.2) is 60.8 Å². The van der Waals surface area contributed by atoms with Crippen molar-refractivity contribution in [1.82, 2.24) is 0 Å². The number of carbonyl (C=O) groups is 2. The SMILES string of the molecule is CC/C=C\C/C=C\C/C=C\C/C=C\C/C=C\CCCC(=O)OC(COC(=O)CCCCCCCCCCCCCCCCCCCCC)COP(=O)(O)OCC(O)CO. The normalized spacial score (nSPS) is 14.3. The minimum atomic E-state index is -4.64. The second-order valence-electron chi connectivity index (χ2n) is 15.4. The molecule has 3 N–H and O–H groups in total. The molecule has 0 heterocycles. The summed E-state index contributed by atoms with van der Waals surface area (Å²) in [6.45, 7) is 2.22. The molecule has 11 heteroatoms. The number of hydrogen-bond acceptors (Lipinski definition) is 9. The molecule has 0 spiro atoms. The van der Waals surface area contributed by atoms with Crippen LogP contribution in [0.1, 0.15) is 194 Å². The van der Waals surface area contributed by atoms with Crippen LogP contribution in [0.4, 0.5) is 0 Å². The Bertz CT molecular complexity index is 1160. The molecule has 342 valence electrons. The highest BCUT2D eigenvalue weighted by Crippen LogP contribution is 2.43. The van der Waals surface area contributed by atoms with E-state index in [4.69, 9.17) is 19.1 Å². The maximum Gasteiger partial charge on any atom is 0.472 e. The number of phosphoric acid groups is 1. The second-order valence-corrected chi connectivity index (χ2v) is 16.9. The van der Waals surface area contributed by atoms with E-state index in [-0.39, 0.29) is 19.4 Å². The van der Waals surface area contributed by atoms with Crippen molar-refractivity contribution < 1.29 is 47.8 Å². The molecular weight excluding hydrogens is 767 g/mol. The molecule has 0 aromatic carbocycles. The van der Waals surface area contributed by atoms with Crippen LogP contribution in [-0.2, 0) is 32.7 Å². The Hall–Kier alpha value is -2.33. The summed E-state index contributed by atoms with van der Waals surface area (Å²) in [5, 5.41) is 18.4. The fourth-order valence-electron chi connectivity index (χ4n) is 6.15. The van der Waals surface area contributed by atoms with E-state index in [1.807, 2.05) is 12.2 Å². The third kappa shape index (κ3) is 43.6. The van der Waals surface area contributed by atoms with Crippen LogP contribution >= 0.6 is 7.82 Å². The van der Waals surface area contributed by atoms with Crippen molar-refractivity contribution in [1.29, 1.82) is 0 Å². The molecule has 3 atom stereocenters. The Morgan fingerprint density at radius 1 is 0.525 bits per heavy atom. The van der Waals surface area contributed by atoms with Crippen molar-refractivity contribution >= 4 is 19.8 Å². The van der Waals surface area contributed by atoms with Gasteiger partial charge in [0.05, 0.1) is 19.8 Å². The van der Waals surface area contributed by atoms with Crippen molar-refractivity contribution in [2.75, 3.05) is 26.4 Å². The molecule has 0 aromatic heterocycles. The maximum absolute atomic E-state index is 12.6. The van der Waals surface area contributed by atoms with Gasteiger partial charge in [0.1, 0.15) is 12.7 Å². The first-order valence-corrected chi connectivity index (χ1v) is 24.7.